The molecule has 1 aliphatic rings. The maximum absolute atomic E-state index is 5.44. The lowest BCUT2D eigenvalue weighted by Gasteiger charge is -2.23. The summed E-state index contributed by atoms with van der Waals surface area (Å²) in [6.07, 6.45) is 2.74. The largest absolute Gasteiger partial charge is 0.379 e. The smallest absolute Gasteiger partial charge is 0.0931 e. The summed E-state index contributed by atoms with van der Waals surface area (Å²) in [6.45, 7) is 2.59. The minimum Gasteiger partial charge on any atom is -0.379 e. The number of aromatic amines is 1. The molecule has 1 unspecified atom stereocenters. The van der Waals surface area contributed by atoms with Crippen LogP contribution in [0.25, 0.3) is 11.0 Å². The van der Waals surface area contributed by atoms with E-state index in [1.54, 1.807) is 6.33 Å². The highest BCUT2D eigenvalue weighted by Gasteiger charge is 2.13. The monoisotopic (exact) mass is 217 g/mol. The lowest BCUT2D eigenvalue weighted by molar-refractivity contribution is 0.0770. The summed E-state index contributed by atoms with van der Waals surface area (Å²) < 4.78 is 5.44. The highest BCUT2D eigenvalue weighted by molar-refractivity contribution is 5.75. The topological polar surface area (TPSA) is 49.9 Å². The third-order valence-electron chi connectivity index (χ3n) is 2.97. The van der Waals surface area contributed by atoms with Gasteiger partial charge in [-0.3, -0.25) is 0 Å². The molecule has 2 N–H and O–H groups in total. The van der Waals surface area contributed by atoms with E-state index in [1.807, 2.05) is 0 Å². The number of ether oxygens (including phenoxy) is 1. The Bertz CT molecular complexity index is 474. The minimum absolute atomic E-state index is 0.439. The summed E-state index contributed by atoms with van der Waals surface area (Å²) in [7, 11) is 0. The summed E-state index contributed by atoms with van der Waals surface area (Å²) in [5.74, 6) is 0. The van der Waals surface area contributed by atoms with Crippen molar-refractivity contribution in [1.82, 2.24) is 15.3 Å². The van der Waals surface area contributed by atoms with Gasteiger partial charge in [0.25, 0.3) is 0 Å². The Labute approximate surface area is 94.0 Å². The summed E-state index contributed by atoms with van der Waals surface area (Å²) in [6, 6.07) is 6.80. The van der Waals surface area contributed by atoms with E-state index in [9.17, 15) is 0 Å². The van der Waals surface area contributed by atoms with Gasteiger partial charge in [-0.1, -0.05) is 6.07 Å². The van der Waals surface area contributed by atoms with E-state index in [0.29, 0.717) is 6.04 Å². The highest BCUT2D eigenvalue weighted by atomic mass is 16.5. The second kappa shape index (κ2) is 4.23. The number of hydrogen-bond acceptors (Lipinski definition) is 3. The molecule has 1 aliphatic heterocycles. The molecule has 4 nitrogen and oxygen atoms in total. The Balaban J connectivity index is 1.77. The zero-order valence-electron chi connectivity index (χ0n) is 9.07. The first-order valence-electron chi connectivity index (χ1n) is 5.65. The van der Waals surface area contributed by atoms with Crippen LogP contribution in [-0.4, -0.2) is 35.8 Å². The van der Waals surface area contributed by atoms with Crippen molar-refractivity contribution < 1.29 is 4.74 Å². The minimum atomic E-state index is 0.439. The maximum Gasteiger partial charge on any atom is 0.0931 e. The second-order valence-corrected chi connectivity index (χ2v) is 4.18. The average molecular weight is 217 g/mol. The summed E-state index contributed by atoms with van der Waals surface area (Å²) in [5.41, 5.74) is 3.45. The molecule has 0 saturated carbocycles. The van der Waals surface area contributed by atoms with Gasteiger partial charge in [-0.2, -0.15) is 0 Å². The number of hydrogen-bond donors (Lipinski definition) is 2. The molecule has 4 heteroatoms. The van der Waals surface area contributed by atoms with Crippen LogP contribution in [0.2, 0.25) is 0 Å². The highest BCUT2D eigenvalue weighted by Crippen LogP contribution is 2.13. The first kappa shape index (κ1) is 9.81. The molecule has 16 heavy (non-hydrogen) atoms. The Kier molecular flexibility index (Phi) is 2.60. The lowest BCUT2D eigenvalue weighted by atomic mass is 10.1. The van der Waals surface area contributed by atoms with Gasteiger partial charge in [0.15, 0.2) is 0 Å². The van der Waals surface area contributed by atoms with Crippen LogP contribution in [0.1, 0.15) is 5.56 Å². The van der Waals surface area contributed by atoms with Crippen LogP contribution in [0.3, 0.4) is 0 Å². The molecular weight excluding hydrogens is 202 g/mol. The van der Waals surface area contributed by atoms with Crippen molar-refractivity contribution >= 4 is 11.0 Å². The van der Waals surface area contributed by atoms with Crippen molar-refractivity contribution in [3.05, 3.63) is 30.1 Å². The van der Waals surface area contributed by atoms with E-state index in [0.717, 1.165) is 37.2 Å². The number of fused-ring (bicyclic) bond motifs is 1. The van der Waals surface area contributed by atoms with E-state index >= 15 is 0 Å². The molecular formula is C12H15N3O. The Morgan fingerprint density at radius 3 is 3.31 bits per heavy atom. The number of nitrogens with zero attached hydrogens (tertiary/aromatic N) is 1. The van der Waals surface area contributed by atoms with Gasteiger partial charge in [-0.05, 0) is 24.1 Å². The predicted octanol–water partition coefficient (Wildman–Crippen LogP) is 1.09. The van der Waals surface area contributed by atoms with Gasteiger partial charge in [-0.25, -0.2) is 4.98 Å². The van der Waals surface area contributed by atoms with Crippen LogP contribution < -0.4 is 5.32 Å². The predicted molar refractivity (Wildman–Crippen MR) is 62.4 cm³/mol. The van der Waals surface area contributed by atoms with E-state index in [4.69, 9.17) is 4.74 Å². The van der Waals surface area contributed by atoms with Crippen LogP contribution in [0.15, 0.2) is 24.5 Å². The number of aromatic nitrogens is 2. The van der Waals surface area contributed by atoms with Gasteiger partial charge in [0, 0.05) is 12.6 Å². The first-order chi connectivity index (χ1) is 7.92. The molecule has 3 rings (SSSR count). The van der Waals surface area contributed by atoms with Crippen LogP contribution >= 0.6 is 0 Å². The van der Waals surface area contributed by atoms with Crippen molar-refractivity contribution in [1.29, 1.82) is 0 Å². The molecule has 84 valence electrons. The molecule has 0 bridgehead atoms. The van der Waals surface area contributed by atoms with Crippen molar-refractivity contribution in [3.8, 4) is 0 Å². The molecule has 1 aromatic carbocycles. The normalized spacial score (nSPS) is 21.4. The van der Waals surface area contributed by atoms with Crippen molar-refractivity contribution in [2.24, 2.45) is 0 Å². The SMILES string of the molecule is c1nc2ccc(CC3COCCN3)cc2[nH]1. The van der Waals surface area contributed by atoms with Crippen molar-refractivity contribution in [2.75, 3.05) is 19.8 Å². The number of morpholine rings is 1. The molecule has 1 saturated heterocycles. The number of benzene rings is 1. The fourth-order valence-corrected chi connectivity index (χ4v) is 2.15. The van der Waals surface area contributed by atoms with Gasteiger partial charge in [-0.15, -0.1) is 0 Å². The molecule has 0 radical (unpaired) electrons. The van der Waals surface area contributed by atoms with Crippen LogP contribution in [0.4, 0.5) is 0 Å². The van der Waals surface area contributed by atoms with Gasteiger partial charge in [0.1, 0.15) is 0 Å². The Morgan fingerprint density at radius 2 is 2.44 bits per heavy atom. The average Bonchev–Trinajstić information content (AvgIpc) is 2.77. The molecule has 1 fully saturated rings. The lowest BCUT2D eigenvalue weighted by Crippen LogP contribution is -2.42. The van der Waals surface area contributed by atoms with Gasteiger partial charge in [0.2, 0.25) is 0 Å². The van der Waals surface area contributed by atoms with Crippen LogP contribution in [0, 0.1) is 0 Å². The number of rotatable bonds is 2. The summed E-state index contributed by atoms with van der Waals surface area (Å²) in [5, 5.41) is 3.46. The molecule has 1 atom stereocenters. The van der Waals surface area contributed by atoms with E-state index in [-0.39, 0.29) is 0 Å². The third-order valence-corrected chi connectivity index (χ3v) is 2.97. The molecule has 1 aromatic heterocycles. The van der Waals surface area contributed by atoms with E-state index in [2.05, 4.69) is 33.5 Å². The second-order valence-electron chi connectivity index (χ2n) is 4.18. The van der Waals surface area contributed by atoms with Crippen LogP contribution in [-0.2, 0) is 11.2 Å². The molecule has 2 aromatic rings. The summed E-state index contributed by atoms with van der Waals surface area (Å²) in [4.78, 5) is 7.35. The number of nitrogens with one attached hydrogen (secondary N) is 2. The van der Waals surface area contributed by atoms with E-state index < -0.39 is 0 Å². The third kappa shape index (κ3) is 1.94. The van der Waals surface area contributed by atoms with Crippen molar-refractivity contribution in [2.45, 2.75) is 12.5 Å². The number of imidazole rings is 1. The fraction of sp³-hybridized carbons (Fsp3) is 0.417. The van der Waals surface area contributed by atoms with Gasteiger partial charge < -0.3 is 15.0 Å². The van der Waals surface area contributed by atoms with Crippen LogP contribution in [0.5, 0.6) is 0 Å². The molecule has 0 spiro atoms. The molecule has 0 aliphatic carbocycles. The van der Waals surface area contributed by atoms with Crippen molar-refractivity contribution in [3.63, 3.8) is 0 Å². The molecule has 2 heterocycles. The fourth-order valence-electron chi connectivity index (χ4n) is 2.15. The number of H-pyrrole nitrogens is 1. The Morgan fingerprint density at radius 1 is 1.44 bits per heavy atom. The van der Waals surface area contributed by atoms with Gasteiger partial charge >= 0.3 is 0 Å². The Hall–Kier alpha value is -1.39. The summed E-state index contributed by atoms with van der Waals surface area (Å²) >= 11 is 0. The van der Waals surface area contributed by atoms with E-state index in [1.165, 1.54) is 5.56 Å². The van der Waals surface area contributed by atoms with Gasteiger partial charge in [0.05, 0.1) is 30.6 Å². The molecule has 0 amide bonds. The quantitative estimate of drug-likeness (QED) is 0.791. The maximum atomic E-state index is 5.44. The zero-order valence-corrected chi connectivity index (χ0v) is 9.07. The zero-order chi connectivity index (χ0) is 10.8. The first-order valence-corrected chi connectivity index (χ1v) is 5.65. The standard InChI is InChI=1S/C12H15N3O/c1-2-11-12(15-8-14-11)6-9(1)5-10-7-16-4-3-13-10/h1-2,6,8,10,13H,3-5,7H2,(H,14,15).